The molecule has 0 atom stereocenters. The smallest absolute Gasteiger partial charge is 0.273 e. The van der Waals surface area contributed by atoms with E-state index in [0.717, 1.165) is 33.1 Å². The van der Waals surface area contributed by atoms with E-state index in [-0.39, 0.29) is 0 Å². The van der Waals surface area contributed by atoms with E-state index < -0.39 is 10.0 Å². The van der Waals surface area contributed by atoms with Crippen molar-refractivity contribution in [2.24, 2.45) is 0 Å². The molecule has 2 aromatic carbocycles. The topological polar surface area (TPSA) is 66.1 Å². The predicted molar refractivity (Wildman–Crippen MR) is 119 cm³/mol. The number of fused-ring (bicyclic) bond motifs is 3. The molecule has 1 N–H and O–H groups in total. The van der Waals surface area contributed by atoms with Gasteiger partial charge in [-0.1, -0.05) is 36.4 Å². The number of aromatic amines is 1. The maximum atomic E-state index is 12.9. The van der Waals surface area contributed by atoms with Gasteiger partial charge in [-0.25, -0.2) is 13.4 Å². The average Bonchev–Trinajstić information content (AvgIpc) is 3.41. The lowest BCUT2D eigenvalue weighted by Gasteiger charge is -2.18. The van der Waals surface area contributed by atoms with Gasteiger partial charge in [0.25, 0.3) is 10.0 Å². The van der Waals surface area contributed by atoms with Crippen LogP contribution in [0.4, 0.5) is 5.69 Å². The Morgan fingerprint density at radius 2 is 1.83 bits per heavy atom. The molecule has 0 aliphatic rings. The minimum Gasteiger partial charge on any atom is -0.339 e. The van der Waals surface area contributed by atoms with E-state index >= 15 is 0 Å². The van der Waals surface area contributed by atoms with E-state index in [2.05, 4.69) is 22.1 Å². The van der Waals surface area contributed by atoms with Gasteiger partial charge in [0.1, 0.15) is 9.86 Å². The van der Waals surface area contributed by atoms with Gasteiger partial charge >= 0.3 is 0 Å². The number of thiophene rings is 1. The fourth-order valence-electron chi connectivity index (χ4n) is 3.54. The molecule has 3 heterocycles. The van der Waals surface area contributed by atoms with Crippen LogP contribution in [-0.2, 0) is 10.0 Å². The molecule has 0 spiro atoms. The van der Waals surface area contributed by atoms with Gasteiger partial charge in [-0.2, -0.15) is 0 Å². The molecule has 0 fully saturated rings. The number of rotatable bonds is 4. The molecular weight excluding hydrogens is 402 g/mol. The quantitative estimate of drug-likeness (QED) is 0.432. The normalized spacial score (nSPS) is 11.9. The average molecular weight is 420 g/mol. The summed E-state index contributed by atoms with van der Waals surface area (Å²) in [7, 11) is -2.01. The monoisotopic (exact) mass is 419 g/mol. The summed E-state index contributed by atoms with van der Waals surface area (Å²) >= 11 is 1.21. The predicted octanol–water partition coefficient (Wildman–Crippen LogP) is 5.27. The fraction of sp³-hybridized carbons (Fsp3) is 0.0455. The molecule has 5 nitrogen and oxygen atoms in total. The van der Waals surface area contributed by atoms with Crippen LogP contribution in [0.5, 0.6) is 0 Å². The van der Waals surface area contributed by atoms with Gasteiger partial charge in [0.2, 0.25) is 0 Å². The van der Waals surface area contributed by atoms with E-state index in [4.69, 9.17) is 0 Å². The first-order chi connectivity index (χ1) is 14.1. The van der Waals surface area contributed by atoms with Gasteiger partial charge in [0.15, 0.2) is 0 Å². The van der Waals surface area contributed by atoms with Crippen LogP contribution in [0.25, 0.3) is 33.1 Å². The lowest BCUT2D eigenvalue weighted by Crippen LogP contribution is -2.25. The van der Waals surface area contributed by atoms with Crippen molar-refractivity contribution in [3.05, 3.63) is 78.3 Å². The van der Waals surface area contributed by atoms with Gasteiger partial charge in [-0.15, -0.1) is 11.3 Å². The molecule has 0 aliphatic heterocycles. The van der Waals surface area contributed by atoms with Gasteiger partial charge in [-0.3, -0.25) is 4.31 Å². The zero-order chi connectivity index (χ0) is 20.0. The van der Waals surface area contributed by atoms with Crippen LogP contribution >= 0.6 is 11.3 Å². The Hall–Kier alpha value is -3.16. The van der Waals surface area contributed by atoms with Gasteiger partial charge in [0.05, 0.1) is 5.69 Å². The van der Waals surface area contributed by atoms with Crippen LogP contribution < -0.4 is 4.31 Å². The highest BCUT2D eigenvalue weighted by atomic mass is 32.2. The summed E-state index contributed by atoms with van der Waals surface area (Å²) in [5.41, 5.74) is 4.45. The van der Waals surface area contributed by atoms with Crippen molar-refractivity contribution in [2.45, 2.75) is 4.21 Å². The second-order valence-electron chi connectivity index (χ2n) is 6.71. The molecule has 5 rings (SSSR count). The van der Waals surface area contributed by atoms with Crippen molar-refractivity contribution in [1.82, 2.24) is 9.97 Å². The Kier molecular flexibility index (Phi) is 4.15. The highest BCUT2D eigenvalue weighted by Gasteiger charge is 2.23. The molecule has 144 valence electrons. The Morgan fingerprint density at radius 1 is 1.00 bits per heavy atom. The lowest BCUT2D eigenvalue weighted by molar-refractivity contribution is 0.596. The lowest BCUT2D eigenvalue weighted by atomic mass is 10.0. The molecule has 5 aromatic rings. The minimum atomic E-state index is -3.59. The van der Waals surface area contributed by atoms with Gasteiger partial charge in [0, 0.05) is 29.5 Å². The number of nitrogens with zero attached hydrogens (tertiary/aromatic N) is 2. The first kappa shape index (κ1) is 17.9. The Balaban J connectivity index is 1.72. The number of hydrogen-bond donors (Lipinski definition) is 1. The summed E-state index contributed by atoms with van der Waals surface area (Å²) in [5.74, 6) is 0. The number of anilines is 1. The summed E-state index contributed by atoms with van der Waals surface area (Å²) in [4.78, 5) is 7.83. The summed E-state index contributed by atoms with van der Waals surface area (Å²) in [5, 5.41) is 3.69. The van der Waals surface area contributed by atoms with Crippen LogP contribution in [0.1, 0.15) is 0 Å². The van der Waals surface area contributed by atoms with E-state index in [1.54, 1.807) is 30.8 Å². The van der Waals surface area contributed by atoms with Crippen molar-refractivity contribution in [3.63, 3.8) is 0 Å². The molecule has 0 amide bonds. The Labute approximate surface area is 172 Å². The largest absolute Gasteiger partial charge is 0.339 e. The number of nitrogens with one attached hydrogen (secondary N) is 1. The van der Waals surface area contributed by atoms with E-state index in [1.807, 2.05) is 42.5 Å². The van der Waals surface area contributed by atoms with Crippen molar-refractivity contribution < 1.29 is 8.42 Å². The van der Waals surface area contributed by atoms with Gasteiger partial charge < -0.3 is 4.98 Å². The molecular formula is C22H17N3O2S2. The molecule has 29 heavy (non-hydrogen) atoms. The van der Waals surface area contributed by atoms with Crippen molar-refractivity contribution in [1.29, 1.82) is 0 Å². The standard InChI is InChI=1S/C22H17N3O2S2/c1-25(29(26,27)20-8-5-13-28-20)16-9-10-19-18(14-16)21-17(11-12-23-22(21)24-19)15-6-3-2-4-7-15/h2-14H,1H3,(H,23,24). The molecule has 7 heteroatoms. The summed E-state index contributed by atoms with van der Waals surface area (Å²) in [6.07, 6.45) is 1.79. The zero-order valence-electron chi connectivity index (χ0n) is 15.5. The molecule has 3 aromatic heterocycles. The van der Waals surface area contributed by atoms with Crippen molar-refractivity contribution >= 4 is 49.0 Å². The van der Waals surface area contributed by atoms with Crippen LogP contribution in [-0.4, -0.2) is 25.4 Å². The third-order valence-corrected chi connectivity index (χ3v) is 8.19. The molecule has 0 saturated heterocycles. The highest BCUT2D eigenvalue weighted by Crippen LogP contribution is 2.36. The number of hydrogen-bond acceptors (Lipinski definition) is 4. The molecule has 0 saturated carbocycles. The van der Waals surface area contributed by atoms with Crippen molar-refractivity contribution in [3.8, 4) is 11.1 Å². The van der Waals surface area contributed by atoms with Gasteiger partial charge in [-0.05, 0) is 46.8 Å². The fourth-order valence-corrected chi connectivity index (χ4v) is 5.89. The first-order valence-corrected chi connectivity index (χ1v) is 11.4. The summed E-state index contributed by atoms with van der Waals surface area (Å²) < 4.78 is 27.5. The van der Waals surface area contributed by atoms with Crippen molar-refractivity contribution in [2.75, 3.05) is 11.4 Å². The molecule has 0 aliphatic carbocycles. The third-order valence-electron chi connectivity index (χ3n) is 5.03. The number of pyridine rings is 1. The summed E-state index contributed by atoms with van der Waals surface area (Å²) in [6, 6.07) is 21.1. The third kappa shape index (κ3) is 2.90. The van der Waals surface area contributed by atoms with Crippen LogP contribution in [0, 0.1) is 0 Å². The molecule has 0 bridgehead atoms. The second-order valence-corrected chi connectivity index (χ2v) is 9.85. The molecule has 0 unspecified atom stereocenters. The Bertz CT molecular complexity index is 1420. The maximum Gasteiger partial charge on any atom is 0.273 e. The first-order valence-electron chi connectivity index (χ1n) is 9.04. The highest BCUT2D eigenvalue weighted by molar-refractivity contribution is 7.94. The van der Waals surface area contributed by atoms with Crippen LogP contribution in [0.3, 0.4) is 0 Å². The zero-order valence-corrected chi connectivity index (χ0v) is 17.2. The SMILES string of the molecule is CN(c1ccc2[nH]c3nccc(-c4ccccc4)c3c2c1)S(=O)(=O)c1cccs1. The number of sulfonamides is 1. The second kappa shape index (κ2) is 6.72. The van der Waals surface area contributed by atoms with Crippen LogP contribution in [0.15, 0.2) is 82.5 Å². The van der Waals surface area contributed by atoms with Crippen LogP contribution in [0.2, 0.25) is 0 Å². The maximum absolute atomic E-state index is 12.9. The van der Waals surface area contributed by atoms with E-state index in [1.165, 1.54) is 15.6 Å². The van der Waals surface area contributed by atoms with E-state index in [9.17, 15) is 8.42 Å². The number of aromatic nitrogens is 2. The van der Waals surface area contributed by atoms with E-state index in [0.29, 0.717) is 9.90 Å². The Morgan fingerprint density at radius 3 is 2.59 bits per heavy atom. The minimum absolute atomic E-state index is 0.325. The molecule has 0 radical (unpaired) electrons. The number of benzene rings is 2. The number of H-pyrrole nitrogens is 1. The summed E-state index contributed by atoms with van der Waals surface area (Å²) in [6.45, 7) is 0.